The second-order valence-electron chi connectivity index (χ2n) is 3.85. The number of hydrogen-bond acceptors (Lipinski definition) is 2. The molecule has 0 radical (unpaired) electrons. The lowest BCUT2D eigenvalue weighted by Crippen LogP contribution is -1.99. The van der Waals surface area contributed by atoms with E-state index in [9.17, 15) is 13.6 Å². The molecule has 0 aliphatic rings. The number of ether oxygens (including phenoxy) is 1. The van der Waals surface area contributed by atoms with E-state index in [0.717, 1.165) is 6.07 Å². The fraction of sp³-hybridized carbons (Fsp3) is 0.0714. The zero-order valence-electron chi connectivity index (χ0n) is 9.91. The van der Waals surface area contributed by atoms with Crippen LogP contribution >= 0.6 is 15.9 Å². The molecule has 0 spiro atoms. The Morgan fingerprint density at radius 3 is 2.58 bits per heavy atom. The Kier molecular flexibility index (Phi) is 3.95. The molecule has 2 aromatic carbocycles. The molecule has 0 fully saturated rings. The molecule has 0 heterocycles. The summed E-state index contributed by atoms with van der Waals surface area (Å²) in [6.07, 6.45) is 0. The van der Waals surface area contributed by atoms with Crippen molar-refractivity contribution in [1.29, 1.82) is 0 Å². The highest BCUT2D eigenvalue weighted by molar-refractivity contribution is 9.10. The number of carbonyl (C=O) groups excluding carboxylic acids is 1. The fourth-order valence-corrected chi connectivity index (χ4v) is 1.91. The topological polar surface area (TPSA) is 26.3 Å². The van der Waals surface area contributed by atoms with E-state index in [0.29, 0.717) is 4.47 Å². The zero-order chi connectivity index (χ0) is 14.0. The third-order valence-corrected chi connectivity index (χ3v) is 2.95. The van der Waals surface area contributed by atoms with E-state index in [1.54, 1.807) is 12.1 Å². The van der Waals surface area contributed by atoms with Crippen molar-refractivity contribution in [1.82, 2.24) is 0 Å². The summed E-state index contributed by atoms with van der Waals surface area (Å²) in [4.78, 5) is 11.5. The van der Waals surface area contributed by atoms with Crippen molar-refractivity contribution in [2.24, 2.45) is 0 Å². The number of ketones is 1. The Hall–Kier alpha value is -1.75. The van der Waals surface area contributed by atoms with Gasteiger partial charge in [-0.25, -0.2) is 4.39 Å². The lowest BCUT2D eigenvalue weighted by atomic mass is 10.1. The standard InChI is InChI=1S/C14H9BrF2O2/c1-8(18)10-7-9(15)5-6-12(10)19-13-4-2-3-11(16)14(13)17/h2-7H,1H3. The SMILES string of the molecule is CC(=O)c1cc(Br)ccc1Oc1cccc(F)c1F. The monoisotopic (exact) mass is 326 g/mol. The highest BCUT2D eigenvalue weighted by Crippen LogP contribution is 2.30. The molecule has 5 heteroatoms. The van der Waals surface area contributed by atoms with Gasteiger partial charge in [-0.1, -0.05) is 22.0 Å². The van der Waals surface area contributed by atoms with Gasteiger partial charge in [-0.3, -0.25) is 4.79 Å². The van der Waals surface area contributed by atoms with Crippen molar-refractivity contribution in [3.05, 3.63) is 58.1 Å². The van der Waals surface area contributed by atoms with Gasteiger partial charge in [0.2, 0.25) is 5.82 Å². The highest BCUT2D eigenvalue weighted by atomic mass is 79.9. The first-order chi connectivity index (χ1) is 8.99. The van der Waals surface area contributed by atoms with Crippen LogP contribution in [-0.2, 0) is 0 Å². The predicted molar refractivity (Wildman–Crippen MR) is 70.6 cm³/mol. The van der Waals surface area contributed by atoms with Crippen molar-refractivity contribution in [2.75, 3.05) is 0 Å². The van der Waals surface area contributed by atoms with Crippen molar-refractivity contribution < 1.29 is 18.3 Å². The van der Waals surface area contributed by atoms with Gasteiger partial charge in [0.25, 0.3) is 0 Å². The van der Waals surface area contributed by atoms with Crippen LogP contribution < -0.4 is 4.74 Å². The van der Waals surface area contributed by atoms with Crippen LogP contribution in [-0.4, -0.2) is 5.78 Å². The van der Waals surface area contributed by atoms with Gasteiger partial charge in [0.05, 0.1) is 5.56 Å². The summed E-state index contributed by atoms with van der Waals surface area (Å²) in [5.41, 5.74) is 0.290. The van der Waals surface area contributed by atoms with Crippen LogP contribution in [0.4, 0.5) is 8.78 Å². The van der Waals surface area contributed by atoms with Crippen molar-refractivity contribution in [3.8, 4) is 11.5 Å². The maximum absolute atomic E-state index is 13.5. The number of rotatable bonds is 3. The molecule has 0 amide bonds. The van der Waals surface area contributed by atoms with Crippen LogP contribution in [0.15, 0.2) is 40.9 Å². The van der Waals surface area contributed by atoms with Gasteiger partial charge in [-0.15, -0.1) is 0 Å². The van der Waals surface area contributed by atoms with E-state index >= 15 is 0 Å². The Labute approximate surface area is 117 Å². The molecule has 0 aromatic heterocycles. The number of hydrogen-bond donors (Lipinski definition) is 0. The maximum atomic E-state index is 13.5. The summed E-state index contributed by atoms with van der Waals surface area (Å²) >= 11 is 3.23. The number of carbonyl (C=O) groups is 1. The van der Waals surface area contributed by atoms with Gasteiger partial charge >= 0.3 is 0 Å². The largest absolute Gasteiger partial charge is 0.453 e. The molecule has 2 aromatic rings. The number of Topliss-reactive ketones (excluding diaryl/α,β-unsaturated/α-hetero) is 1. The van der Waals surface area contributed by atoms with Gasteiger partial charge in [-0.05, 0) is 37.3 Å². The third kappa shape index (κ3) is 2.98. The molecule has 2 rings (SSSR count). The summed E-state index contributed by atoms with van der Waals surface area (Å²) in [7, 11) is 0. The Morgan fingerprint density at radius 2 is 1.89 bits per heavy atom. The molecule has 19 heavy (non-hydrogen) atoms. The molecule has 0 bridgehead atoms. The third-order valence-electron chi connectivity index (χ3n) is 2.46. The Balaban J connectivity index is 2.44. The van der Waals surface area contributed by atoms with E-state index in [4.69, 9.17) is 4.74 Å². The molecule has 0 aliphatic heterocycles. The molecule has 0 atom stereocenters. The lowest BCUT2D eigenvalue weighted by Gasteiger charge is -2.10. The first kappa shape index (κ1) is 13.7. The van der Waals surface area contributed by atoms with Crippen LogP contribution in [0.3, 0.4) is 0 Å². The molecule has 0 aliphatic carbocycles. The van der Waals surface area contributed by atoms with Crippen LogP contribution in [0.2, 0.25) is 0 Å². The van der Waals surface area contributed by atoms with Gasteiger partial charge in [0.15, 0.2) is 17.3 Å². The summed E-state index contributed by atoms with van der Waals surface area (Å²) in [5, 5.41) is 0. The van der Waals surface area contributed by atoms with Gasteiger partial charge < -0.3 is 4.74 Å². The minimum absolute atomic E-state index is 0.181. The molecule has 0 N–H and O–H groups in total. The summed E-state index contributed by atoms with van der Waals surface area (Å²) in [5.74, 6) is -2.39. The quantitative estimate of drug-likeness (QED) is 0.763. The van der Waals surface area contributed by atoms with E-state index in [-0.39, 0.29) is 22.8 Å². The first-order valence-electron chi connectivity index (χ1n) is 5.41. The number of benzene rings is 2. The van der Waals surface area contributed by atoms with Crippen LogP contribution in [0, 0.1) is 11.6 Å². The molecule has 98 valence electrons. The summed E-state index contributed by atoms with van der Waals surface area (Å²) in [6, 6.07) is 8.36. The number of halogens is 3. The molecule has 2 nitrogen and oxygen atoms in total. The Bertz CT molecular complexity index is 641. The van der Waals surface area contributed by atoms with Crippen LogP contribution in [0.25, 0.3) is 0 Å². The molecule has 0 saturated carbocycles. The molecular formula is C14H9BrF2O2. The summed E-state index contributed by atoms with van der Waals surface area (Å²) in [6.45, 7) is 1.37. The van der Waals surface area contributed by atoms with Crippen molar-refractivity contribution in [2.45, 2.75) is 6.92 Å². The maximum Gasteiger partial charge on any atom is 0.201 e. The van der Waals surface area contributed by atoms with Crippen molar-refractivity contribution in [3.63, 3.8) is 0 Å². The van der Waals surface area contributed by atoms with Gasteiger partial charge in [0.1, 0.15) is 5.75 Å². The van der Waals surface area contributed by atoms with E-state index in [1.807, 2.05) is 0 Å². The zero-order valence-corrected chi connectivity index (χ0v) is 11.5. The smallest absolute Gasteiger partial charge is 0.201 e. The van der Waals surface area contributed by atoms with Crippen LogP contribution in [0.1, 0.15) is 17.3 Å². The minimum atomic E-state index is -1.08. The summed E-state index contributed by atoms with van der Waals surface area (Å²) < 4.78 is 32.6. The normalized spacial score (nSPS) is 10.3. The second-order valence-corrected chi connectivity index (χ2v) is 4.77. The van der Waals surface area contributed by atoms with Crippen LogP contribution in [0.5, 0.6) is 11.5 Å². The first-order valence-corrected chi connectivity index (χ1v) is 6.20. The van der Waals surface area contributed by atoms with E-state index < -0.39 is 11.6 Å². The lowest BCUT2D eigenvalue weighted by molar-refractivity contribution is 0.101. The molecular weight excluding hydrogens is 318 g/mol. The fourth-order valence-electron chi connectivity index (χ4n) is 1.55. The van der Waals surface area contributed by atoms with Gasteiger partial charge in [-0.2, -0.15) is 4.39 Å². The average Bonchev–Trinajstić information content (AvgIpc) is 2.36. The average molecular weight is 327 g/mol. The van der Waals surface area contributed by atoms with E-state index in [2.05, 4.69) is 15.9 Å². The Morgan fingerprint density at radius 1 is 1.16 bits per heavy atom. The minimum Gasteiger partial charge on any atom is -0.453 e. The van der Waals surface area contributed by atoms with Crippen molar-refractivity contribution >= 4 is 21.7 Å². The predicted octanol–water partition coefficient (Wildman–Crippen LogP) is 4.72. The molecule has 0 saturated heterocycles. The van der Waals surface area contributed by atoms with E-state index in [1.165, 1.54) is 25.1 Å². The second kappa shape index (κ2) is 5.48. The highest BCUT2D eigenvalue weighted by Gasteiger charge is 2.14. The van der Waals surface area contributed by atoms with Gasteiger partial charge in [0, 0.05) is 4.47 Å². The molecule has 0 unspecified atom stereocenters.